The molecule has 0 unspecified atom stereocenters. The molecule has 0 bridgehead atoms. The molecule has 0 aliphatic heterocycles. The second kappa shape index (κ2) is 10.8. The summed E-state index contributed by atoms with van der Waals surface area (Å²) in [7, 11) is 1.37. The minimum Gasteiger partial charge on any atom is -0.493 e. The van der Waals surface area contributed by atoms with Crippen molar-refractivity contribution in [3.63, 3.8) is 0 Å². The Morgan fingerprint density at radius 2 is 1.67 bits per heavy atom. The average molecular weight is 558 g/mol. The topological polar surface area (TPSA) is 106 Å². The van der Waals surface area contributed by atoms with E-state index >= 15 is 0 Å². The number of carbonyl (C=O) groups excluding carboxylic acids is 1. The lowest BCUT2D eigenvalue weighted by atomic mass is 10.1. The zero-order valence-corrected chi connectivity index (χ0v) is 20.4. The van der Waals surface area contributed by atoms with Crippen molar-refractivity contribution in [1.82, 2.24) is 29.5 Å². The molecule has 0 amide bonds. The highest BCUT2D eigenvalue weighted by Crippen LogP contribution is 2.38. The third-order valence-electron chi connectivity index (χ3n) is 5.28. The lowest BCUT2D eigenvalue weighted by molar-refractivity contribution is -0.143. The predicted molar refractivity (Wildman–Crippen MR) is 122 cm³/mol. The molecule has 208 valence electrons. The molecule has 0 radical (unpaired) electrons. The maximum atomic E-state index is 13.1. The SMILES string of the molecule is CCOC(=O)c1cnn(-c2nc(OC)c3c(cnn3CCCOc3cc(C(F)(F)F)cc(C(F)(F)F)c3)n2)c1. The van der Waals surface area contributed by atoms with E-state index < -0.39 is 35.2 Å². The highest BCUT2D eigenvalue weighted by molar-refractivity contribution is 5.88. The number of aromatic nitrogens is 6. The fourth-order valence-electron chi connectivity index (χ4n) is 3.53. The minimum atomic E-state index is -4.97. The fourth-order valence-corrected chi connectivity index (χ4v) is 3.53. The maximum absolute atomic E-state index is 13.1. The van der Waals surface area contributed by atoms with Crippen LogP contribution in [0, 0.1) is 0 Å². The van der Waals surface area contributed by atoms with E-state index in [1.165, 1.54) is 35.1 Å². The normalized spacial score (nSPS) is 12.1. The van der Waals surface area contributed by atoms with Crippen molar-refractivity contribution in [3.8, 4) is 17.6 Å². The summed E-state index contributed by atoms with van der Waals surface area (Å²) in [6.45, 7) is 1.82. The van der Waals surface area contributed by atoms with E-state index in [0.717, 1.165) is 0 Å². The van der Waals surface area contributed by atoms with Gasteiger partial charge < -0.3 is 14.2 Å². The molecular formula is C23H20F6N6O4. The van der Waals surface area contributed by atoms with Crippen LogP contribution in [0.1, 0.15) is 34.8 Å². The van der Waals surface area contributed by atoms with Gasteiger partial charge in [0.2, 0.25) is 5.88 Å². The van der Waals surface area contributed by atoms with Crippen molar-refractivity contribution >= 4 is 17.0 Å². The van der Waals surface area contributed by atoms with Gasteiger partial charge in [-0.3, -0.25) is 4.68 Å². The molecule has 4 aromatic rings. The number of nitrogens with zero attached hydrogens (tertiary/aromatic N) is 6. The van der Waals surface area contributed by atoms with Gasteiger partial charge in [-0.05, 0) is 25.1 Å². The number of aryl methyl sites for hydroxylation is 1. The fraction of sp³-hybridized carbons (Fsp3) is 0.348. The minimum absolute atomic E-state index is 0.0319. The molecule has 0 atom stereocenters. The Bertz CT molecular complexity index is 1450. The number of hydrogen-bond acceptors (Lipinski definition) is 8. The Kier molecular flexibility index (Phi) is 7.65. The highest BCUT2D eigenvalue weighted by Gasteiger charge is 2.37. The Morgan fingerprint density at radius 1 is 0.974 bits per heavy atom. The summed E-state index contributed by atoms with van der Waals surface area (Å²) in [6.07, 6.45) is -5.68. The maximum Gasteiger partial charge on any atom is 0.416 e. The van der Waals surface area contributed by atoms with Gasteiger partial charge in [0.1, 0.15) is 16.8 Å². The van der Waals surface area contributed by atoms with Crippen LogP contribution in [-0.2, 0) is 23.6 Å². The standard InChI is InChI=1S/C23H20F6N6O4/c1-3-38-20(36)13-10-30-35(12-13)21-32-17-11-31-34(18(17)19(33-21)37-2)5-4-6-39-16-8-14(22(24,25)26)7-15(9-16)23(27,28)29/h7-12H,3-6H2,1-2H3. The first-order valence-corrected chi connectivity index (χ1v) is 11.3. The first-order valence-electron chi connectivity index (χ1n) is 11.3. The van der Waals surface area contributed by atoms with Gasteiger partial charge in [0.05, 0.1) is 49.4 Å². The first-order chi connectivity index (χ1) is 18.4. The molecule has 1 aromatic carbocycles. The largest absolute Gasteiger partial charge is 0.493 e. The Morgan fingerprint density at radius 3 is 2.28 bits per heavy atom. The Hall–Kier alpha value is -4.37. The summed E-state index contributed by atoms with van der Waals surface area (Å²) in [5, 5.41) is 8.27. The van der Waals surface area contributed by atoms with Crippen LogP contribution in [-0.4, -0.2) is 55.8 Å². The molecule has 4 rings (SSSR count). The van der Waals surface area contributed by atoms with Crippen molar-refractivity contribution in [2.24, 2.45) is 0 Å². The molecule has 0 N–H and O–H groups in total. The zero-order valence-electron chi connectivity index (χ0n) is 20.4. The molecule has 0 spiro atoms. The van der Waals surface area contributed by atoms with Crippen LogP contribution in [0.25, 0.3) is 17.0 Å². The summed E-state index contributed by atoms with van der Waals surface area (Å²) in [5.41, 5.74) is -1.99. The summed E-state index contributed by atoms with van der Waals surface area (Å²) in [6, 6.07) is 1.06. The number of hydrogen-bond donors (Lipinski definition) is 0. The first kappa shape index (κ1) is 27.7. The van der Waals surface area contributed by atoms with E-state index in [4.69, 9.17) is 14.2 Å². The molecule has 3 aromatic heterocycles. The van der Waals surface area contributed by atoms with Gasteiger partial charge in [-0.25, -0.2) is 14.5 Å². The quantitative estimate of drug-likeness (QED) is 0.165. The lowest BCUT2D eigenvalue weighted by Gasteiger charge is -2.15. The highest BCUT2D eigenvalue weighted by atomic mass is 19.4. The number of ether oxygens (including phenoxy) is 3. The van der Waals surface area contributed by atoms with E-state index in [9.17, 15) is 31.1 Å². The van der Waals surface area contributed by atoms with Crippen LogP contribution in [0.5, 0.6) is 11.6 Å². The van der Waals surface area contributed by atoms with Crippen molar-refractivity contribution < 1.29 is 45.3 Å². The number of benzene rings is 1. The molecule has 39 heavy (non-hydrogen) atoms. The van der Waals surface area contributed by atoms with Gasteiger partial charge in [0, 0.05) is 19.2 Å². The summed E-state index contributed by atoms with van der Waals surface area (Å²) >= 11 is 0. The number of carbonyl (C=O) groups is 1. The van der Waals surface area contributed by atoms with Crippen LogP contribution in [0.3, 0.4) is 0 Å². The van der Waals surface area contributed by atoms with E-state index in [2.05, 4.69) is 20.2 Å². The molecule has 0 fully saturated rings. The monoisotopic (exact) mass is 558 g/mol. The van der Waals surface area contributed by atoms with E-state index in [1.807, 2.05) is 0 Å². The molecule has 0 aliphatic rings. The van der Waals surface area contributed by atoms with Crippen LogP contribution in [0.4, 0.5) is 26.3 Å². The van der Waals surface area contributed by atoms with E-state index in [0.29, 0.717) is 23.2 Å². The number of methoxy groups -OCH3 is 1. The van der Waals surface area contributed by atoms with Crippen molar-refractivity contribution in [3.05, 3.63) is 53.5 Å². The predicted octanol–water partition coefficient (Wildman–Crippen LogP) is 4.70. The van der Waals surface area contributed by atoms with Gasteiger partial charge >= 0.3 is 18.3 Å². The molecule has 3 heterocycles. The third kappa shape index (κ3) is 6.21. The molecule has 10 nitrogen and oxygen atoms in total. The summed E-state index contributed by atoms with van der Waals surface area (Å²) < 4.78 is 96.5. The molecule has 0 saturated heterocycles. The van der Waals surface area contributed by atoms with Gasteiger partial charge in [0.25, 0.3) is 5.95 Å². The molecule has 0 saturated carbocycles. The lowest BCUT2D eigenvalue weighted by Crippen LogP contribution is -2.12. The zero-order chi connectivity index (χ0) is 28.4. The van der Waals surface area contributed by atoms with Crippen LogP contribution in [0.2, 0.25) is 0 Å². The van der Waals surface area contributed by atoms with Crippen molar-refractivity contribution in [2.75, 3.05) is 20.3 Å². The van der Waals surface area contributed by atoms with Gasteiger partial charge in [0.15, 0.2) is 0 Å². The molecule has 0 aliphatic carbocycles. The second-order valence-electron chi connectivity index (χ2n) is 7.97. The third-order valence-corrected chi connectivity index (χ3v) is 5.28. The van der Waals surface area contributed by atoms with Crippen LogP contribution >= 0.6 is 0 Å². The van der Waals surface area contributed by atoms with E-state index in [1.54, 1.807) is 6.92 Å². The number of esters is 1. The summed E-state index contributed by atoms with van der Waals surface area (Å²) in [5.74, 6) is -0.918. The van der Waals surface area contributed by atoms with E-state index in [-0.39, 0.29) is 49.6 Å². The van der Waals surface area contributed by atoms with Gasteiger partial charge in [-0.15, -0.1) is 0 Å². The number of halogens is 6. The second-order valence-corrected chi connectivity index (χ2v) is 7.97. The molecular weight excluding hydrogens is 538 g/mol. The average Bonchev–Trinajstić information content (AvgIpc) is 3.53. The van der Waals surface area contributed by atoms with Crippen LogP contribution < -0.4 is 9.47 Å². The van der Waals surface area contributed by atoms with Gasteiger partial charge in [-0.2, -0.15) is 41.5 Å². The number of rotatable bonds is 9. The Labute approximate surface area is 216 Å². The smallest absolute Gasteiger partial charge is 0.416 e. The van der Waals surface area contributed by atoms with Crippen LogP contribution in [0.15, 0.2) is 36.8 Å². The van der Waals surface area contributed by atoms with Gasteiger partial charge in [-0.1, -0.05) is 0 Å². The Balaban J connectivity index is 1.49. The number of fused-ring (bicyclic) bond motifs is 1. The number of alkyl halides is 6. The van der Waals surface area contributed by atoms with Crippen molar-refractivity contribution in [2.45, 2.75) is 32.2 Å². The summed E-state index contributed by atoms with van der Waals surface area (Å²) in [4.78, 5) is 20.6. The van der Waals surface area contributed by atoms with Crippen molar-refractivity contribution in [1.29, 1.82) is 0 Å². The molecule has 16 heteroatoms.